The predicted octanol–water partition coefficient (Wildman–Crippen LogP) is 27.0. The van der Waals surface area contributed by atoms with Crippen LogP contribution in [0.15, 0.2) is 379 Å². The van der Waals surface area contributed by atoms with Gasteiger partial charge in [-0.3, -0.25) is 0 Å². The van der Waals surface area contributed by atoms with Gasteiger partial charge in [0.05, 0.1) is 48.5 Å². The molecule has 0 radical (unpaired) electrons. The number of fused-ring (bicyclic) bond motifs is 14. The summed E-state index contributed by atoms with van der Waals surface area (Å²) in [4.78, 5) is 0.561. The van der Waals surface area contributed by atoms with Gasteiger partial charge < -0.3 is 31.0 Å². The zero-order valence-corrected chi connectivity index (χ0v) is 90.5. The molecule has 0 aliphatic heterocycles. The molecule has 0 aliphatic carbocycles. The molecule has 756 valence electrons. The van der Waals surface area contributed by atoms with Gasteiger partial charge in [-0.15, -0.1) is 8.99 Å². The third-order valence-electron chi connectivity index (χ3n) is 21.7. The van der Waals surface area contributed by atoms with Crippen molar-refractivity contribution in [3.8, 4) is 17.2 Å². The fourth-order valence-electron chi connectivity index (χ4n) is 14.7. The molecule has 4 unspecified atom stereocenters. The zero-order valence-electron chi connectivity index (χ0n) is 80.2. The number of sulfonamides is 6. The van der Waals surface area contributed by atoms with Gasteiger partial charge in [-0.05, 0) is 213 Å². The molecular weight excluding hydrogens is 2070 g/mol. The molecule has 40 heteroatoms. The van der Waals surface area contributed by atoms with Crippen molar-refractivity contribution in [3.63, 3.8) is 0 Å². The minimum Gasteiger partial charge on any atom is -0.497 e. The number of nitrogens with one attached hydrogen (secondary N) is 4. The standard InChI is InChI=1S/C27H20NO5PS.C21H13F3NO4PS.C17H22NO3PS.C17H21NO3PS.C11H18NO2PS.C11H17NO2PS/c1-31-20-12-14-21(15-13-20)35(29,30)28-34-32-24-16-10-18-6-2-4-8-22(18)26(24)27-23-9-5-3-7-19(23)11-17-25(27)33-34;22-21(23,24)31(26,27)25-30-28-17-11-9-13-5-1-3-7-15(13)19(17)20-16-8-4-2-6-14(16)10-12-18(20)29-30;2*1-3-4-14-22(16-8-6-5-7-9-16)18-23(19,20)17-12-10-15(21-2)11-13-17;2*1-3-4-10-15(12-16(2,13)14)11-8-6-5-7-9-11/h2-17,28H,1H3;1-12,25H;5-13,18H,3-4,14H2,1-2H3;5-13H,3-4,14H2,1-2H3;5-9,12H,3-4,10H2,1-2H3;5-9H,3-4,10H2,1-2H3/q;;;+1;;+1. The van der Waals surface area contributed by atoms with Crippen LogP contribution < -0.4 is 53.4 Å². The molecule has 0 aliphatic rings. The second-order valence-corrected chi connectivity index (χ2v) is 54.3. The van der Waals surface area contributed by atoms with E-state index < -0.39 is 114 Å². The maximum atomic E-state index is 13.2. The third kappa shape index (κ3) is 31.3. The van der Waals surface area contributed by atoms with Crippen LogP contribution in [0.1, 0.15) is 79.1 Å². The van der Waals surface area contributed by atoms with E-state index in [4.69, 9.17) is 31.0 Å². The number of unbranched alkanes of at least 4 members (excludes halogenated alkanes) is 4. The van der Waals surface area contributed by atoms with Crippen LogP contribution in [0, 0.1) is 0 Å². The van der Waals surface area contributed by atoms with Gasteiger partial charge >= 0.3 is 41.9 Å². The third-order valence-corrected chi connectivity index (χ3v) is 43.8. The van der Waals surface area contributed by atoms with Gasteiger partial charge in [0.2, 0.25) is 20.0 Å². The molecule has 2 aromatic heterocycles. The second-order valence-electron chi connectivity index (χ2n) is 32.3. The molecule has 0 bridgehead atoms. The molecule has 25 nitrogen and oxygen atoms in total. The smallest absolute Gasteiger partial charge is 0.497 e. The zero-order chi connectivity index (χ0) is 103. The van der Waals surface area contributed by atoms with Crippen LogP contribution in [0.2, 0.25) is 0 Å². The molecule has 0 saturated carbocycles. The van der Waals surface area contributed by atoms with E-state index in [0.29, 0.717) is 39.2 Å². The van der Waals surface area contributed by atoms with Gasteiger partial charge in [0.15, 0.2) is 10.6 Å². The second kappa shape index (κ2) is 52.3. The summed E-state index contributed by atoms with van der Waals surface area (Å²) in [5.41, 5.74) is -3.92. The summed E-state index contributed by atoms with van der Waals surface area (Å²) >= 11 is 0. The number of nitrogens with zero attached hydrogens (tertiary/aromatic N) is 2. The highest BCUT2D eigenvalue weighted by molar-refractivity contribution is 7.98. The van der Waals surface area contributed by atoms with Crippen LogP contribution in [0.3, 0.4) is 0 Å². The van der Waals surface area contributed by atoms with Crippen LogP contribution in [-0.2, 0) is 60.1 Å². The number of halogens is 3. The first-order valence-electron chi connectivity index (χ1n) is 45.6. The minimum atomic E-state index is -5.67. The Kier molecular flexibility index (Phi) is 40.6. The summed E-state index contributed by atoms with van der Waals surface area (Å²) in [5.74, 6) is 1.83. The predicted molar refractivity (Wildman–Crippen MR) is 589 cm³/mol. The number of ether oxygens (including phenoxy) is 3. The minimum absolute atomic E-state index is 0.0923. The first kappa shape index (κ1) is 112. The lowest BCUT2D eigenvalue weighted by Gasteiger charge is -2.19. The molecule has 15 aromatic carbocycles. The maximum absolute atomic E-state index is 13.2. The van der Waals surface area contributed by atoms with Gasteiger partial charge in [0.25, 0.3) is 35.5 Å². The molecular formula is C104H111F3N6O19P6S6+2. The Morgan fingerprint density at radius 3 is 0.938 bits per heavy atom. The van der Waals surface area contributed by atoms with Gasteiger partial charge in [-0.1, -0.05) is 272 Å². The summed E-state index contributed by atoms with van der Waals surface area (Å²) in [6, 6.07) is 103. The van der Waals surface area contributed by atoms with Crippen molar-refractivity contribution in [1.82, 2.24) is 8.99 Å². The Morgan fingerprint density at radius 2 is 0.625 bits per heavy atom. The van der Waals surface area contributed by atoms with Crippen molar-refractivity contribution < 1.29 is 94.7 Å². The van der Waals surface area contributed by atoms with Crippen LogP contribution in [0.4, 0.5) is 13.2 Å². The van der Waals surface area contributed by atoms with E-state index in [0.717, 1.165) is 157 Å². The van der Waals surface area contributed by atoms with Gasteiger partial charge in [0, 0.05) is 46.0 Å². The van der Waals surface area contributed by atoms with E-state index in [9.17, 15) is 63.7 Å². The highest BCUT2D eigenvalue weighted by Gasteiger charge is 2.47. The lowest BCUT2D eigenvalue weighted by molar-refractivity contribution is -0.0428. The van der Waals surface area contributed by atoms with Gasteiger partial charge in [-0.25, -0.2) is 42.1 Å². The quantitative estimate of drug-likeness (QED) is 0.0285. The summed E-state index contributed by atoms with van der Waals surface area (Å²) in [6.07, 6.45) is 14.0. The maximum Gasteiger partial charge on any atom is 0.512 e. The monoisotopic (exact) mass is 2180 g/mol. The van der Waals surface area contributed by atoms with Gasteiger partial charge in [-0.2, -0.15) is 30.6 Å². The van der Waals surface area contributed by atoms with Crippen LogP contribution in [0.25, 0.3) is 87.0 Å². The Morgan fingerprint density at radius 1 is 0.333 bits per heavy atom. The SMILES string of the molecule is CCCCP(NS(=O)(=O)c1ccc(OC)cc1)c1ccccc1.CCCCP(NS(C)(=O)=O)c1ccccc1.CCCC[P+](=NS(=O)(=O)c1ccc(OC)cc1)c1ccccc1.CCCC[P+](=NS(C)(=O)=O)c1ccccc1.COc1ccc(S(=O)(=O)Np2oc3ccc4ccccc4c3c3c(ccc4ccccc43)o2)cc1.O=S(=O)(Np1oc2ccc3ccccc3c2c2c(ccc3ccccc32)o1)C(F)(F)F. The largest absolute Gasteiger partial charge is 0.512 e. The Balaban J connectivity index is 0.000000158. The number of alkyl halides is 3. The first-order valence-corrected chi connectivity index (χ1v) is 63.6. The number of rotatable bonds is 32. The number of methoxy groups -OCH3 is 3. The average Bonchev–Trinajstić information content (AvgIpc) is 1.53. The number of hydrogen-bond donors (Lipinski definition) is 4. The van der Waals surface area contributed by atoms with Crippen molar-refractivity contribution in [3.05, 3.63) is 340 Å². The first-order chi connectivity index (χ1) is 69.0. The normalized spacial score (nSPS) is 12.6. The van der Waals surface area contributed by atoms with Crippen molar-refractivity contribution in [2.45, 2.75) is 99.3 Å². The lowest BCUT2D eigenvalue weighted by Crippen LogP contribution is -2.28. The molecule has 0 amide bonds. The van der Waals surface area contributed by atoms with Gasteiger partial charge in [0.1, 0.15) is 51.9 Å². The molecule has 2 heterocycles. The average molecular weight is 2180 g/mol. The van der Waals surface area contributed by atoms with Crippen LogP contribution in [0.5, 0.6) is 17.2 Å². The topological polar surface area (TPSA) is 358 Å². The molecule has 4 atom stereocenters. The molecule has 4 N–H and O–H groups in total. The summed E-state index contributed by atoms with van der Waals surface area (Å²) in [5, 5.41) is 14.7. The summed E-state index contributed by atoms with van der Waals surface area (Å²) < 4.78 is 241. The molecule has 17 aromatic rings. The van der Waals surface area contributed by atoms with E-state index >= 15 is 0 Å². The Hall–Kier alpha value is -11.1. The van der Waals surface area contributed by atoms with E-state index in [2.05, 4.69) is 49.5 Å². The van der Waals surface area contributed by atoms with Crippen molar-refractivity contribution in [2.75, 3.05) is 67.5 Å². The van der Waals surface area contributed by atoms with E-state index in [1.165, 1.54) is 42.1 Å². The highest BCUT2D eigenvalue weighted by atomic mass is 32.2. The lowest BCUT2D eigenvalue weighted by atomic mass is 9.99. The van der Waals surface area contributed by atoms with Crippen molar-refractivity contribution >= 4 is 216 Å². The van der Waals surface area contributed by atoms with E-state index in [1.807, 2.05) is 243 Å². The molecule has 0 fully saturated rings. The molecule has 17 rings (SSSR count). The highest BCUT2D eigenvalue weighted by Crippen LogP contribution is 2.45. The van der Waals surface area contributed by atoms with Crippen LogP contribution in [-0.4, -0.2) is 115 Å². The van der Waals surface area contributed by atoms with E-state index in [1.54, 1.807) is 87.0 Å². The number of hydrogen-bond acceptors (Lipinski definition) is 19. The molecule has 0 saturated heterocycles. The summed E-state index contributed by atoms with van der Waals surface area (Å²) in [6.45, 7) is 8.41. The number of benzene rings is 15. The van der Waals surface area contributed by atoms with Crippen molar-refractivity contribution in [2.24, 2.45) is 8.30 Å². The molecule has 144 heavy (non-hydrogen) atoms. The fraction of sp³-hybridized carbons (Fsp3) is 0.212. The van der Waals surface area contributed by atoms with Crippen LogP contribution >= 0.6 is 47.9 Å². The Bertz CT molecular complexity index is 7960. The summed E-state index contributed by atoms with van der Waals surface area (Å²) in [7, 11) is -27.0. The Labute approximate surface area is 845 Å². The molecule has 0 spiro atoms. The van der Waals surface area contributed by atoms with E-state index in [-0.39, 0.29) is 25.9 Å². The fourth-order valence-corrected chi connectivity index (χ4v) is 35.2. The van der Waals surface area contributed by atoms with Crippen molar-refractivity contribution in [1.29, 1.82) is 0 Å².